The van der Waals surface area contributed by atoms with Crippen molar-refractivity contribution in [3.05, 3.63) is 0 Å². The van der Waals surface area contributed by atoms with Gasteiger partial charge >= 0.3 is 6.09 Å². The largest absolute Gasteiger partial charge is 0.447 e. The SMILES string of the molecule is O=C(NCCN1CCCC1)OCCO. The van der Waals surface area contributed by atoms with Gasteiger partial charge in [0, 0.05) is 13.1 Å². The van der Waals surface area contributed by atoms with E-state index >= 15 is 0 Å². The first kappa shape index (κ1) is 11.3. The van der Waals surface area contributed by atoms with Gasteiger partial charge < -0.3 is 20.1 Å². The minimum Gasteiger partial charge on any atom is -0.447 e. The Bertz CT molecular complexity index is 169. The van der Waals surface area contributed by atoms with Gasteiger partial charge in [0.1, 0.15) is 6.61 Å². The molecule has 0 aromatic heterocycles. The fourth-order valence-corrected chi connectivity index (χ4v) is 1.51. The molecule has 1 rings (SSSR count). The third-order valence-corrected chi connectivity index (χ3v) is 2.22. The fraction of sp³-hybridized carbons (Fsp3) is 0.889. The Labute approximate surface area is 84.0 Å². The van der Waals surface area contributed by atoms with Crippen LogP contribution < -0.4 is 5.32 Å². The lowest BCUT2D eigenvalue weighted by molar-refractivity contribution is 0.118. The Balaban J connectivity index is 1.94. The number of alkyl carbamates (subject to hydrolysis) is 1. The molecule has 1 heterocycles. The summed E-state index contributed by atoms with van der Waals surface area (Å²) in [6.45, 7) is 3.70. The van der Waals surface area contributed by atoms with Gasteiger partial charge in [-0.25, -0.2) is 4.79 Å². The molecule has 0 unspecified atom stereocenters. The van der Waals surface area contributed by atoms with E-state index in [1.54, 1.807) is 0 Å². The van der Waals surface area contributed by atoms with Crippen LogP contribution in [0.4, 0.5) is 4.79 Å². The first-order valence-corrected chi connectivity index (χ1v) is 5.07. The predicted molar refractivity (Wildman–Crippen MR) is 52.1 cm³/mol. The van der Waals surface area contributed by atoms with Crippen LogP contribution in [0.15, 0.2) is 0 Å². The van der Waals surface area contributed by atoms with Gasteiger partial charge in [0.15, 0.2) is 0 Å². The summed E-state index contributed by atoms with van der Waals surface area (Å²) in [7, 11) is 0. The summed E-state index contributed by atoms with van der Waals surface area (Å²) >= 11 is 0. The molecule has 0 aromatic carbocycles. The number of aliphatic hydroxyl groups is 1. The average Bonchev–Trinajstić information content (AvgIpc) is 2.67. The van der Waals surface area contributed by atoms with Crippen LogP contribution in [0.3, 0.4) is 0 Å². The number of carbonyl (C=O) groups excluding carboxylic acids is 1. The maximum Gasteiger partial charge on any atom is 0.407 e. The van der Waals surface area contributed by atoms with Crippen molar-refractivity contribution in [1.29, 1.82) is 0 Å². The van der Waals surface area contributed by atoms with E-state index in [4.69, 9.17) is 5.11 Å². The summed E-state index contributed by atoms with van der Waals surface area (Å²) in [6, 6.07) is 0. The molecule has 0 aromatic rings. The maximum absolute atomic E-state index is 10.9. The number of nitrogens with zero attached hydrogens (tertiary/aromatic N) is 1. The van der Waals surface area contributed by atoms with Crippen LogP contribution in [0.5, 0.6) is 0 Å². The number of hydrogen-bond donors (Lipinski definition) is 2. The van der Waals surface area contributed by atoms with Crippen molar-refractivity contribution in [1.82, 2.24) is 10.2 Å². The topological polar surface area (TPSA) is 61.8 Å². The van der Waals surface area contributed by atoms with Crippen LogP contribution in [0, 0.1) is 0 Å². The third-order valence-electron chi connectivity index (χ3n) is 2.22. The number of carbonyl (C=O) groups is 1. The van der Waals surface area contributed by atoms with E-state index in [9.17, 15) is 4.79 Å². The van der Waals surface area contributed by atoms with E-state index in [1.165, 1.54) is 12.8 Å². The molecule has 0 radical (unpaired) electrons. The van der Waals surface area contributed by atoms with Crippen molar-refractivity contribution in [3.63, 3.8) is 0 Å². The van der Waals surface area contributed by atoms with E-state index in [-0.39, 0.29) is 13.2 Å². The molecule has 1 amide bonds. The summed E-state index contributed by atoms with van der Waals surface area (Å²) in [6.07, 6.45) is 2.07. The Morgan fingerprint density at radius 2 is 2.14 bits per heavy atom. The molecule has 1 fully saturated rings. The van der Waals surface area contributed by atoms with Gasteiger partial charge in [0.05, 0.1) is 6.61 Å². The molecule has 14 heavy (non-hydrogen) atoms. The van der Waals surface area contributed by atoms with Gasteiger partial charge in [-0.3, -0.25) is 0 Å². The van der Waals surface area contributed by atoms with Gasteiger partial charge in [-0.2, -0.15) is 0 Å². The molecule has 0 saturated carbocycles. The first-order valence-electron chi connectivity index (χ1n) is 5.07. The van der Waals surface area contributed by atoms with Crippen molar-refractivity contribution in [2.45, 2.75) is 12.8 Å². The van der Waals surface area contributed by atoms with Crippen LogP contribution in [-0.2, 0) is 4.74 Å². The number of hydrogen-bond acceptors (Lipinski definition) is 4. The summed E-state index contributed by atoms with van der Waals surface area (Å²) in [5.74, 6) is 0. The molecule has 0 bridgehead atoms. The molecule has 0 atom stereocenters. The molecule has 1 saturated heterocycles. The number of likely N-dealkylation sites (tertiary alicyclic amines) is 1. The molecule has 82 valence electrons. The first-order chi connectivity index (χ1) is 6.83. The molecular weight excluding hydrogens is 184 g/mol. The number of ether oxygens (including phenoxy) is 1. The fourth-order valence-electron chi connectivity index (χ4n) is 1.51. The Morgan fingerprint density at radius 3 is 2.79 bits per heavy atom. The summed E-state index contributed by atoms with van der Waals surface area (Å²) < 4.78 is 4.64. The standard InChI is InChI=1S/C9H18N2O3/c12-7-8-14-9(13)10-3-6-11-4-1-2-5-11/h12H,1-8H2,(H,10,13). The zero-order valence-corrected chi connectivity index (χ0v) is 8.37. The highest BCUT2D eigenvalue weighted by atomic mass is 16.6. The van der Waals surface area contributed by atoms with Crippen molar-refractivity contribution in [2.24, 2.45) is 0 Å². The molecule has 0 aliphatic carbocycles. The van der Waals surface area contributed by atoms with Gasteiger partial charge in [-0.05, 0) is 25.9 Å². The molecule has 1 aliphatic rings. The second-order valence-corrected chi connectivity index (χ2v) is 3.34. The molecule has 5 nitrogen and oxygen atoms in total. The highest BCUT2D eigenvalue weighted by Gasteiger charge is 2.10. The third kappa shape index (κ3) is 4.43. The Morgan fingerprint density at radius 1 is 1.43 bits per heavy atom. The zero-order chi connectivity index (χ0) is 10.2. The van der Waals surface area contributed by atoms with Crippen molar-refractivity contribution in [2.75, 3.05) is 39.4 Å². The lowest BCUT2D eigenvalue weighted by Crippen LogP contribution is -2.34. The highest BCUT2D eigenvalue weighted by Crippen LogP contribution is 2.05. The number of aliphatic hydroxyl groups excluding tert-OH is 1. The van der Waals surface area contributed by atoms with Gasteiger partial charge in [-0.1, -0.05) is 0 Å². The summed E-state index contributed by atoms with van der Waals surface area (Å²) in [5, 5.41) is 11.0. The second-order valence-electron chi connectivity index (χ2n) is 3.34. The van der Waals surface area contributed by atoms with Crippen LogP contribution in [-0.4, -0.2) is 55.5 Å². The van der Waals surface area contributed by atoms with E-state index < -0.39 is 6.09 Å². The van der Waals surface area contributed by atoms with E-state index in [2.05, 4.69) is 15.0 Å². The normalized spacial score (nSPS) is 16.9. The minimum atomic E-state index is -0.446. The number of nitrogens with one attached hydrogen (secondary N) is 1. The monoisotopic (exact) mass is 202 g/mol. The van der Waals surface area contributed by atoms with Crippen LogP contribution in [0.25, 0.3) is 0 Å². The molecular formula is C9H18N2O3. The Hall–Kier alpha value is -0.810. The van der Waals surface area contributed by atoms with E-state index in [0.29, 0.717) is 6.54 Å². The van der Waals surface area contributed by atoms with Crippen molar-refractivity contribution in [3.8, 4) is 0 Å². The van der Waals surface area contributed by atoms with Crippen molar-refractivity contribution >= 4 is 6.09 Å². The maximum atomic E-state index is 10.9. The lowest BCUT2D eigenvalue weighted by atomic mass is 10.4. The zero-order valence-electron chi connectivity index (χ0n) is 8.37. The van der Waals surface area contributed by atoms with Gasteiger partial charge in [0.2, 0.25) is 0 Å². The Kier molecular flexibility index (Phi) is 5.32. The van der Waals surface area contributed by atoms with Crippen LogP contribution in [0.2, 0.25) is 0 Å². The highest BCUT2D eigenvalue weighted by molar-refractivity contribution is 5.67. The average molecular weight is 202 g/mol. The number of rotatable bonds is 5. The van der Waals surface area contributed by atoms with Crippen molar-refractivity contribution < 1.29 is 14.6 Å². The molecule has 0 spiro atoms. The van der Waals surface area contributed by atoms with E-state index in [1.807, 2.05) is 0 Å². The van der Waals surface area contributed by atoms with Crippen LogP contribution >= 0.6 is 0 Å². The minimum absolute atomic E-state index is 0.0650. The predicted octanol–water partition coefficient (Wildman–Crippen LogP) is -0.199. The molecule has 2 N–H and O–H groups in total. The summed E-state index contributed by atoms with van der Waals surface area (Å²) in [4.78, 5) is 13.2. The molecule has 5 heteroatoms. The smallest absolute Gasteiger partial charge is 0.407 e. The molecule has 1 aliphatic heterocycles. The quantitative estimate of drug-likeness (QED) is 0.648. The van der Waals surface area contributed by atoms with E-state index in [0.717, 1.165) is 19.6 Å². The van der Waals surface area contributed by atoms with Gasteiger partial charge in [-0.15, -0.1) is 0 Å². The number of amides is 1. The van der Waals surface area contributed by atoms with Crippen LogP contribution in [0.1, 0.15) is 12.8 Å². The second kappa shape index (κ2) is 6.62. The lowest BCUT2D eigenvalue weighted by Gasteiger charge is -2.14. The van der Waals surface area contributed by atoms with Gasteiger partial charge in [0.25, 0.3) is 0 Å². The summed E-state index contributed by atoms with van der Waals surface area (Å²) in [5.41, 5.74) is 0.